The van der Waals surface area contributed by atoms with E-state index in [4.69, 9.17) is 0 Å². The standard InChI is InChI=1S/C19H20N2OS2/c1-12-8-9-15(10-13(12)2)14(3)20-18(22)11-23-19-21-16-6-4-5-7-17(16)24-19/h4-10,14H,11H2,1-3H3,(H,20,22)/t14-/m0/s1. The van der Waals surface area contributed by atoms with E-state index in [1.165, 1.54) is 22.9 Å². The molecule has 0 saturated carbocycles. The number of hydrogen-bond donors (Lipinski definition) is 1. The summed E-state index contributed by atoms with van der Waals surface area (Å²) >= 11 is 3.12. The molecule has 0 radical (unpaired) electrons. The van der Waals surface area contributed by atoms with E-state index >= 15 is 0 Å². The molecule has 2 aromatic carbocycles. The van der Waals surface area contributed by atoms with Crippen molar-refractivity contribution in [3.8, 4) is 0 Å². The van der Waals surface area contributed by atoms with Gasteiger partial charge in [-0.2, -0.15) is 0 Å². The second kappa shape index (κ2) is 7.36. The molecule has 0 aliphatic carbocycles. The van der Waals surface area contributed by atoms with Gasteiger partial charge < -0.3 is 5.32 Å². The van der Waals surface area contributed by atoms with E-state index in [0.717, 1.165) is 20.1 Å². The van der Waals surface area contributed by atoms with Gasteiger partial charge in [0, 0.05) is 0 Å². The van der Waals surface area contributed by atoms with E-state index in [9.17, 15) is 4.79 Å². The summed E-state index contributed by atoms with van der Waals surface area (Å²) in [6.07, 6.45) is 0. The number of amides is 1. The van der Waals surface area contributed by atoms with Crippen LogP contribution in [0.2, 0.25) is 0 Å². The summed E-state index contributed by atoms with van der Waals surface area (Å²) in [5.41, 5.74) is 4.64. The van der Waals surface area contributed by atoms with Gasteiger partial charge in [0.2, 0.25) is 5.91 Å². The lowest BCUT2D eigenvalue weighted by atomic mass is 10.0. The number of hydrogen-bond acceptors (Lipinski definition) is 4. The van der Waals surface area contributed by atoms with Gasteiger partial charge in [-0.15, -0.1) is 11.3 Å². The monoisotopic (exact) mass is 356 g/mol. The van der Waals surface area contributed by atoms with Crippen LogP contribution in [0.25, 0.3) is 10.2 Å². The van der Waals surface area contributed by atoms with Crippen molar-refractivity contribution in [2.45, 2.75) is 31.2 Å². The Hall–Kier alpha value is -1.85. The number of thioether (sulfide) groups is 1. The van der Waals surface area contributed by atoms with E-state index in [-0.39, 0.29) is 11.9 Å². The van der Waals surface area contributed by atoms with Gasteiger partial charge in [-0.1, -0.05) is 42.1 Å². The van der Waals surface area contributed by atoms with Crippen LogP contribution in [-0.4, -0.2) is 16.6 Å². The van der Waals surface area contributed by atoms with E-state index in [0.29, 0.717) is 5.75 Å². The zero-order chi connectivity index (χ0) is 17.1. The predicted octanol–water partition coefficient (Wildman–Crippen LogP) is 4.88. The number of nitrogens with one attached hydrogen (secondary N) is 1. The average Bonchev–Trinajstić information content (AvgIpc) is 2.98. The molecule has 1 atom stereocenters. The van der Waals surface area contributed by atoms with Gasteiger partial charge in [0.25, 0.3) is 0 Å². The van der Waals surface area contributed by atoms with Crippen LogP contribution in [0.15, 0.2) is 46.8 Å². The molecule has 5 heteroatoms. The number of aryl methyl sites for hydroxylation is 2. The minimum Gasteiger partial charge on any atom is -0.349 e. The number of benzene rings is 2. The molecule has 3 aromatic rings. The molecule has 0 bridgehead atoms. The Balaban J connectivity index is 1.57. The van der Waals surface area contributed by atoms with Crippen LogP contribution < -0.4 is 5.32 Å². The Bertz CT molecular complexity index is 840. The lowest BCUT2D eigenvalue weighted by molar-refractivity contribution is -0.119. The summed E-state index contributed by atoms with van der Waals surface area (Å²) in [7, 11) is 0. The Morgan fingerprint density at radius 2 is 2.00 bits per heavy atom. The van der Waals surface area contributed by atoms with E-state index in [2.05, 4.69) is 48.4 Å². The Labute approximate surface area is 150 Å². The van der Waals surface area contributed by atoms with Crippen molar-refractivity contribution >= 4 is 39.2 Å². The number of carbonyl (C=O) groups is 1. The molecular formula is C19H20N2OS2. The third kappa shape index (κ3) is 3.97. The van der Waals surface area contributed by atoms with Crippen molar-refractivity contribution < 1.29 is 4.79 Å². The van der Waals surface area contributed by atoms with E-state index in [1.54, 1.807) is 11.3 Å². The van der Waals surface area contributed by atoms with Crippen molar-refractivity contribution in [2.75, 3.05) is 5.75 Å². The van der Waals surface area contributed by atoms with Crippen molar-refractivity contribution in [3.05, 3.63) is 59.2 Å². The fraction of sp³-hybridized carbons (Fsp3) is 0.263. The summed E-state index contributed by atoms with van der Waals surface area (Å²) in [6.45, 7) is 6.21. The zero-order valence-electron chi connectivity index (χ0n) is 14.0. The first-order valence-electron chi connectivity index (χ1n) is 7.88. The molecule has 0 aliphatic heterocycles. The van der Waals surface area contributed by atoms with E-state index < -0.39 is 0 Å². The first-order valence-corrected chi connectivity index (χ1v) is 9.68. The number of para-hydroxylation sites is 1. The summed E-state index contributed by atoms with van der Waals surface area (Å²) in [6, 6.07) is 14.4. The summed E-state index contributed by atoms with van der Waals surface area (Å²) < 4.78 is 2.09. The molecule has 1 amide bonds. The number of nitrogens with zero attached hydrogens (tertiary/aromatic N) is 1. The highest BCUT2D eigenvalue weighted by Crippen LogP contribution is 2.29. The number of fused-ring (bicyclic) bond motifs is 1. The smallest absolute Gasteiger partial charge is 0.230 e. The third-order valence-corrected chi connectivity index (χ3v) is 6.19. The van der Waals surface area contributed by atoms with Crippen molar-refractivity contribution in [1.29, 1.82) is 0 Å². The minimum absolute atomic E-state index is 0.00719. The van der Waals surface area contributed by atoms with Crippen LogP contribution in [0, 0.1) is 13.8 Å². The lowest BCUT2D eigenvalue weighted by Crippen LogP contribution is -2.28. The zero-order valence-corrected chi connectivity index (χ0v) is 15.6. The molecule has 1 heterocycles. The fourth-order valence-electron chi connectivity index (χ4n) is 2.44. The van der Waals surface area contributed by atoms with Crippen molar-refractivity contribution in [2.24, 2.45) is 0 Å². The third-order valence-electron chi connectivity index (χ3n) is 4.01. The fourth-order valence-corrected chi connectivity index (χ4v) is 4.32. The van der Waals surface area contributed by atoms with Crippen LogP contribution in [-0.2, 0) is 4.79 Å². The number of carbonyl (C=O) groups excluding carboxylic acids is 1. The Kier molecular flexibility index (Phi) is 5.21. The molecule has 1 N–H and O–H groups in total. The Morgan fingerprint density at radius 1 is 1.21 bits per heavy atom. The SMILES string of the molecule is Cc1ccc([C@H](C)NC(=O)CSc2nc3ccccc3s2)cc1C. The van der Waals surface area contributed by atoms with Gasteiger partial charge in [0.05, 0.1) is 22.0 Å². The van der Waals surface area contributed by atoms with Crippen LogP contribution in [0.1, 0.15) is 29.7 Å². The normalized spacial score (nSPS) is 12.3. The second-order valence-corrected chi connectivity index (χ2v) is 8.12. The molecule has 3 rings (SSSR count). The molecule has 1 aromatic heterocycles. The molecule has 0 aliphatic rings. The average molecular weight is 357 g/mol. The van der Waals surface area contributed by atoms with Gasteiger partial charge >= 0.3 is 0 Å². The van der Waals surface area contributed by atoms with Gasteiger partial charge in [0.15, 0.2) is 4.34 Å². The molecule has 0 unspecified atom stereocenters. The topological polar surface area (TPSA) is 42.0 Å². The van der Waals surface area contributed by atoms with Gasteiger partial charge in [0.1, 0.15) is 0 Å². The largest absolute Gasteiger partial charge is 0.349 e. The Morgan fingerprint density at radius 3 is 2.75 bits per heavy atom. The summed E-state index contributed by atoms with van der Waals surface area (Å²) in [5, 5.41) is 3.06. The number of thiazole rings is 1. The number of aromatic nitrogens is 1. The number of rotatable bonds is 5. The van der Waals surface area contributed by atoms with Gasteiger partial charge in [-0.3, -0.25) is 4.79 Å². The van der Waals surface area contributed by atoms with Gasteiger partial charge in [-0.05, 0) is 49.6 Å². The predicted molar refractivity (Wildman–Crippen MR) is 103 cm³/mol. The van der Waals surface area contributed by atoms with Crippen molar-refractivity contribution in [3.63, 3.8) is 0 Å². The lowest BCUT2D eigenvalue weighted by Gasteiger charge is -2.15. The molecule has 0 spiro atoms. The summed E-state index contributed by atoms with van der Waals surface area (Å²) in [5.74, 6) is 0.416. The highest BCUT2D eigenvalue weighted by molar-refractivity contribution is 8.01. The maximum atomic E-state index is 12.2. The maximum Gasteiger partial charge on any atom is 0.230 e. The first kappa shape index (κ1) is 17.0. The van der Waals surface area contributed by atoms with Crippen LogP contribution in [0.4, 0.5) is 0 Å². The van der Waals surface area contributed by atoms with Crippen LogP contribution in [0.3, 0.4) is 0 Å². The van der Waals surface area contributed by atoms with Gasteiger partial charge in [-0.25, -0.2) is 4.98 Å². The minimum atomic E-state index is 0.00719. The van der Waals surface area contributed by atoms with E-state index in [1.807, 2.05) is 25.1 Å². The second-order valence-electron chi connectivity index (χ2n) is 5.87. The van der Waals surface area contributed by atoms with Crippen LogP contribution in [0.5, 0.6) is 0 Å². The maximum absolute atomic E-state index is 12.2. The van der Waals surface area contributed by atoms with Crippen LogP contribution >= 0.6 is 23.1 Å². The molecule has 0 fully saturated rings. The highest BCUT2D eigenvalue weighted by Gasteiger charge is 2.12. The highest BCUT2D eigenvalue weighted by atomic mass is 32.2. The molecule has 124 valence electrons. The molecular weight excluding hydrogens is 336 g/mol. The first-order chi connectivity index (χ1) is 11.5. The molecule has 24 heavy (non-hydrogen) atoms. The quantitative estimate of drug-likeness (QED) is 0.662. The molecule has 0 saturated heterocycles. The summed E-state index contributed by atoms with van der Waals surface area (Å²) in [4.78, 5) is 16.8. The molecule has 3 nitrogen and oxygen atoms in total. The van der Waals surface area contributed by atoms with Crippen molar-refractivity contribution in [1.82, 2.24) is 10.3 Å².